The molecule has 2 aromatic rings. The lowest BCUT2D eigenvalue weighted by atomic mass is 9.75. The number of hydrogen-bond donors (Lipinski definition) is 0. The van der Waals surface area contributed by atoms with Gasteiger partial charge in [-0.1, -0.05) is 6.58 Å². The van der Waals surface area contributed by atoms with E-state index in [2.05, 4.69) is 11.6 Å². The van der Waals surface area contributed by atoms with Crippen LogP contribution in [0.1, 0.15) is 30.5 Å². The highest BCUT2D eigenvalue weighted by Crippen LogP contribution is 2.50. The zero-order valence-electron chi connectivity index (χ0n) is 15.3. The molecule has 1 spiro atoms. The first kappa shape index (κ1) is 20.6. The van der Waals surface area contributed by atoms with Gasteiger partial charge in [-0.25, -0.2) is 9.37 Å². The summed E-state index contributed by atoms with van der Waals surface area (Å²) >= 11 is 1.84. The number of rotatable bonds is 2. The van der Waals surface area contributed by atoms with E-state index in [0.717, 1.165) is 23.6 Å². The number of alkyl halides is 3. The summed E-state index contributed by atoms with van der Waals surface area (Å²) in [5.41, 5.74) is -2.78. The fraction of sp³-hybridized carbons (Fsp3) is 0.250. The zero-order chi connectivity index (χ0) is 21.8. The third kappa shape index (κ3) is 2.94. The number of hydrogen-bond acceptors (Lipinski definition) is 4. The molecule has 5 nitrogen and oxygen atoms in total. The van der Waals surface area contributed by atoms with Crippen molar-refractivity contribution in [2.45, 2.75) is 31.0 Å². The summed E-state index contributed by atoms with van der Waals surface area (Å²) in [7, 11) is 0. The first-order chi connectivity index (χ1) is 14.1. The van der Waals surface area contributed by atoms with Crippen LogP contribution in [0.2, 0.25) is 0 Å². The summed E-state index contributed by atoms with van der Waals surface area (Å²) in [6.45, 7) is 3.92. The fourth-order valence-corrected chi connectivity index (χ4v) is 4.22. The second-order valence-corrected chi connectivity index (χ2v) is 8.24. The van der Waals surface area contributed by atoms with Crippen molar-refractivity contribution in [1.29, 1.82) is 5.26 Å². The van der Waals surface area contributed by atoms with Crippen LogP contribution in [-0.2, 0) is 11.0 Å². The van der Waals surface area contributed by atoms with Gasteiger partial charge in [-0.05, 0) is 66.1 Å². The molecule has 2 aliphatic rings. The maximum atomic E-state index is 14.2. The van der Waals surface area contributed by atoms with Crippen molar-refractivity contribution >= 4 is 39.9 Å². The van der Waals surface area contributed by atoms with Crippen LogP contribution in [-0.4, -0.2) is 16.4 Å². The molecule has 1 aromatic heterocycles. The second kappa shape index (κ2) is 6.94. The molecule has 0 radical (unpaired) electrons. The van der Waals surface area contributed by atoms with Crippen molar-refractivity contribution in [1.82, 2.24) is 4.98 Å². The van der Waals surface area contributed by atoms with Crippen molar-refractivity contribution < 1.29 is 22.4 Å². The smallest absolute Gasteiger partial charge is 0.313 e. The molecule has 0 atom stereocenters. The molecule has 10 heteroatoms. The van der Waals surface area contributed by atoms with E-state index in [1.807, 2.05) is 22.6 Å². The van der Waals surface area contributed by atoms with Crippen LogP contribution in [0.3, 0.4) is 0 Å². The van der Waals surface area contributed by atoms with Crippen molar-refractivity contribution in [2.75, 3.05) is 9.80 Å². The number of carbonyl (C=O) groups is 1. The van der Waals surface area contributed by atoms with Gasteiger partial charge in [0.05, 0.1) is 17.4 Å². The number of pyridine rings is 1. The first-order valence-corrected chi connectivity index (χ1v) is 9.94. The lowest BCUT2D eigenvalue weighted by Gasteiger charge is -2.43. The highest BCUT2D eigenvalue weighted by Gasteiger charge is 2.59. The normalized spacial score (nSPS) is 18.0. The number of nitrogens with zero attached hydrogens (tertiary/aromatic N) is 4. The highest BCUT2D eigenvalue weighted by atomic mass is 127. The van der Waals surface area contributed by atoms with Crippen LogP contribution in [0.15, 0.2) is 42.9 Å². The Morgan fingerprint density at radius 2 is 1.93 bits per heavy atom. The second-order valence-electron chi connectivity index (χ2n) is 7.07. The van der Waals surface area contributed by atoms with Crippen molar-refractivity contribution in [2.24, 2.45) is 0 Å². The van der Waals surface area contributed by atoms with Crippen LogP contribution in [0, 0.1) is 20.7 Å². The molecular formula is C20H13F4IN4O. The van der Waals surface area contributed by atoms with Gasteiger partial charge in [0.2, 0.25) is 0 Å². The van der Waals surface area contributed by atoms with Gasteiger partial charge in [0, 0.05) is 9.26 Å². The number of benzene rings is 1. The van der Waals surface area contributed by atoms with E-state index in [9.17, 15) is 22.4 Å². The highest BCUT2D eigenvalue weighted by molar-refractivity contribution is 14.1. The lowest BCUT2D eigenvalue weighted by molar-refractivity contribution is -0.138. The Morgan fingerprint density at radius 3 is 2.47 bits per heavy atom. The molecule has 2 fully saturated rings. The Bertz CT molecular complexity index is 1120. The van der Waals surface area contributed by atoms with Crippen LogP contribution in [0.25, 0.3) is 0 Å². The Hall–Kier alpha value is -2.68. The molecule has 1 amide bonds. The maximum Gasteiger partial charge on any atom is 0.419 e. The van der Waals surface area contributed by atoms with E-state index < -0.39 is 34.7 Å². The molecule has 1 saturated carbocycles. The van der Waals surface area contributed by atoms with Crippen molar-refractivity contribution in [3.8, 4) is 6.07 Å². The van der Waals surface area contributed by atoms with Crippen LogP contribution >= 0.6 is 22.6 Å². The van der Waals surface area contributed by atoms with Crippen molar-refractivity contribution in [3.05, 3.63) is 63.5 Å². The summed E-state index contributed by atoms with van der Waals surface area (Å²) in [5.74, 6) is -0.807. The minimum Gasteiger partial charge on any atom is -0.313 e. The van der Waals surface area contributed by atoms with Gasteiger partial charge in [0.15, 0.2) is 5.69 Å². The van der Waals surface area contributed by atoms with E-state index in [-0.39, 0.29) is 11.5 Å². The van der Waals surface area contributed by atoms with Gasteiger partial charge >= 0.3 is 6.18 Å². The van der Waals surface area contributed by atoms with E-state index >= 15 is 0 Å². The van der Waals surface area contributed by atoms with Crippen LogP contribution < -0.4 is 9.80 Å². The van der Waals surface area contributed by atoms with Gasteiger partial charge in [0.25, 0.3) is 5.91 Å². The summed E-state index contributed by atoms with van der Waals surface area (Å²) in [6.07, 6.45) is -2.10. The van der Waals surface area contributed by atoms with Gasteiger partial charge in [0.1, 0.15) is 23.2 Å². The molecule has 4 rings (SSSR count). The molecule has 0 bridgehead atoms. The lowest BCUT2D eigenvalue weighted by Crippen LogP contribution is -2.54. The van der Waals surface area contributed by atoms with Gasteiger partial charge in [-0.3, -0.25) is 9.69 Å². The number of nitriles is 1. The van der Waals surface area contributed by atoms with E-state index in [1.54, 1.807) is 17.0 Å². The molecule has 1 aliphatic heterocycles. The molecule has 30 heavy (non-hydrogen) atoms. The van der Waals surface area contributed by atoms with Crippen LogP contribution in [0.5, 0.6) is 0 Å². The quantitative estimate of drug-likeness (QED) is 0.409. The fourth-order valence-electron chi connectivity index (χ4n) is 3.88. The summed E-state index contributed by atoms with van der Waals surface area (Å²) in [4.78, 5) is 19.6. The SMILES string of the molecule is C=C1N(c2cnc(C#N)c(C(F)(F)F)c2)C(=O)C2(CCC2)N1c1ccc(I)c(F)c1. The third-order valence-corrected chi connectivity index (χ3v) is 6.31. The van der Waals surface area contributed by atoms with E-state index in [0.29, 0.717) is 22.1 Å². The Kier molecular flexibility index (Phi) is 4.76. The molecule has 1 saturated heterocycles. The Labute approximate surface area is 182 Å². The van der Waals surface area contributed by atoms with Gasteiger partial charge in [-0.2, -0.15) is 18.4 Å². The first-order valence-electron chi connectivity index (χ1n) is 8.86. The molecule has 1 aromatic carbocycles. The topological polar surface area (TPSA) is 60.2 Å². The largest absolute Gasteiger partial charge is 0.419 e. The molecule has 0 N–H and O–H groups in total. The number of aromatic nitrogens is 1. The van der Waals surface area contributed by atoms with Gasteiger partial charge in [-0.15, -0.1) is 0 Å². The monoisotopic (exact) mass is 528 g/mol. The standard InChI is InChI=1S/C20H13F4IN4O/c1-11-28(13-7-14(20(22,23)24)17(9-26)27-10-13)18(30)19(5-2-6-19)29(11)12-3-4-16(25)15(21)8-12/h3-4,7-8,10H,1-2,5-6H2. The van der Waals surface area contributed by atoms with E-state index in [1.165, 1.54) is 12.1 Å². The Morgan fingerprint density at radius 1 is 1.23 bits per heavy atom. The van der Waals surface area contributed by atoms with E-state index in [4.69, 9.17) is 5.26 Å². The molecule has 154 valence electrons. The summed E-state index contributed by atoms with van der Waals surface area (Å²) < 4.78 is 54.7. The summed E-state index contributed by atoms with van der Waals surface area (Å²) in [6, 6.07) is 6.62. The third-order valence-electron chi connectivity index (χ3n) is 5.43. The number of anilines is 2. The Balaban J connectivity index is 1.83. The average Bonchev–Trinajstić information content (AvgIpc) is 2.90. The maximum absolute atomic E-state index is 14.2. The molecular weight excluding hydrogens is 515 g/mol. The predicted molar refractivity (Wildman–Crippen MR) is 109 cm³/mol. The predicted octanol–water partition coefficient (Wildman–Crippen LogP) is 4.96. The number of halogens is 5. The van der Waals surface area contributed by atoms with Crippen LogP contribution in [0.4, 0.5) is 28.9 Å². The van der Waals surface area contributed by atoms with Gasteiger partial charge < -0.3 is 4.90 Å². The minimum absolute atomic E-state index is 0.111. The summed E-state index contributed by atoms with van der Waals surface area (Å²) in [5, 5.41) is 8.96. The zero-order valence-corrected chi connectivity index (χ0v) is 17.5. The molecule has 2 heterocycles. The molecule has 1 aliphatic carbocycles. The molecule has 0 unspecified atom stereocenters. The minimum atomic E-state index is -4.81. The number of carbonyl (C=O) groups excluding carboxylic acids is 1. The number of amides is 1. The average molecular weight is 528 g/mol. The van der Waals surface area contributed by atoms with Crippen molar-refractivity contribution in [3.63, 3.8) is 0 Å².